The Labute approximate surface area is 184 Å². The van der Waals surface area contributed by atoms with Crippen molar-refractivity contribution >= 4 is 23.0 Å². The van der Waals surface area contributed by atoms with Crippen molar-refractivity contribution in [2.24, 2.45) is 0 Å². The molecule has 1 saturated heterocycles. The summed E-state index contributed by atoms with van der Waals surface area (Å²) in [7, 11) is 0. The number of carbonyl (C=O) groups excluding carboxylic acids is 2. The van der Waals surface area contributed by atoms with E-state index < -0.39 is 0 Å². The molecule has 0 spiro atoms. The summed E-state index contributed by atoms with van der Waals surface area (Å²) in [5.74, 6) is -0.0840. The Morgan fingerprint density at radius 3 is 2.48 bits per heavy atom. The van der Waals surface area contributed by atoms with Crippen LogP contribution < -0.4 is 0 Å². The van der Waals surface area contributed by atoms with Crippen molar-refractivity contribution in [2.75, 3.05) is 13.1 Å². The number of benzene rings is 1. The number of piperidine rings is 1. The smallest absolute Gasteiger partial charge is 0.228 e. The van der Waals surface area contributed by atoms with Crippen molar-refractivity contribution in [2.45, 2.75) is 45.6 Å². The number of likely N-dealkylation sites (tertiary alicyclic amines) is 1. The standard InChI is InChI=1S/C23H25FN4O2S/c1-23(2,3)28-21(15-4-6-16(24)7-5-15)19(13-25-28)22-26-17(14-31-22)12-20(30)27-10-8-18(29)9-11-27/h4-7,13-14H,8-12H2,1-3H3. The van der Waals surface area contributed by atoms with Gasteiger partial charge in [-0.1, -0.05) is 0 Å². The molecule has 0 bridgehead atoms. The third-order valence-electron chi connectivity index (χ3n) is 5.31. The average molecular weight is 441 g/mol. The molecule has 4 rings (SSSR count). The monoisotopic (exact) mass is 440 g/mol. The lowest BCUT2D eigenvalue weighted by atomic mass is 10.0. The minimum absolute atomic E-state index is 0.00602. The molecule has 162 valence electrons. The summed E-state index contributed by atoms with van der Waals surface area (Å²) >= 11 is 1.46. The molecule has 0 atom stereocenters. The van der Waals surface area contributed by atoms with Gasteiger partial charge in [0.2, 0.25) is 5.91 Å². The summed E-state index contributed by atoms with van der Waals surface area (Å²) < 4.78 is 15.4. The molecule has 6 nitrogen and oxygen atoms in total. The minimum atomic E-state index is -0.290. The van der Waals surface area contributed by atoms with Gasteiger partial charge in [-0.2, -0.15) is 5.10 Å². The Balaban J connectivity index is 1.62. The fourth-order valence-electron chi connectivity index (χ4n) is 3.68. The van der Waals surface area contributed by atoms with Crippen molar-refractivity contribution < 1.29 is 14.0 Å². The van der Waals surface area contributed by atoms with Gasteiger partial charge in [0, 0.05) is 36.9 Å². The lowest BCUT2D eigenvalue weighted by Crippen LogP contribution is -2.39. The molecule has 1 fully saturated rings. The quantitative estimate of drug-likeness (QED) is 0.607. The predicted molar refractivity (Wildman–Crippen MR) is 118 cm³/mol. The van der Waals surface area contributed by atoms with Gasteiger partial charge in [-0.25, -0.2) is 9.37 Å². The molecule has 2 aromatic heterocycles. The van der Waals surface area contributed by atoms with Crippen LogP contribution in [-0.2, 0) is 21.5 Å². The van der Waals surface area contributed by atoms with E-state index in [-0.39, 0.29) is 29.5 Å². The fraction of sp³-hybridized carbons (Fsp3) is 0.391. The molecule has 0 radical (unpaired) electrons. The highest BCUT2D eigenvalue weighted by Gasteiger charge is 2.25. The summed E-state index contributed by atoms with van der Waals surface area (Å²) in [5, 5.41) is 7.26. The summed E-state index contributed by atoms with van der Waals surface area (Å²) in [6.07, 6.45) is 2.86. The number of amides is 1. The molecule has 3 aromatic rings. The van der Waals surface area contributed by atoms with Crippen LogP contribution in [0.2, 0.25) is 0 Å². The molecule has 0 saturated carbocycles. The van der Waals surface area contributed by atoms with E-state index in [0.717, 1.165) is 21.8 Å². The highest BCUT2D eigenvalue weighted by Crippen LogP contribution is 2.36. The van der Waals surface area contributed by atoms with Gasteiger partial charge in [0.1, 0.15) is 16.6 Å². The van der Waals surface area contributed by atoms with Gasteiger partial charge in [0.05, 0.1) is 35.1 Å². The number of nitrogens with zero attached hydrogens (tertiary/aromatic N) is 4. The van der Waals surface area contributed by atoms with E-state index in [2.05, 4.69) is 25.9 Å². The number of rotatable bonds is 4. The topological polar surface area (TPSA) is 68.1 Å². The summed E-state index contributed by atoms with van der Waals surface area (Å²) in [5.41, 5.74) is 3.01. The van der Waals surface area contributed by atoms with Gasteiger partial charge in [0.25, 0.3) is 0 Å². The normalized spacial score (nSPS) is 14.8. The molecule has 0 aliphatic carbocycles. The maximum Gasteiger partial charge on any atom is 0.228 e. The summed E-state index contributed by atoms with van der Waals surface area (Å²) in [6.45, 7) is 7.16. The zero-order valence-electron chi connectivity index (χ0n) is 17.9. The summed E-state index contributed by atoms with van der Waals surface area (Å²) in [6, 6.07) is 6.37. The third kappa shape index (κ3) is 4.58. The maximum absolute atomic E-state index is 13.5. The first-order valence-electron chi connectivity index (χ1n) is 10.3. The van der Waals surface area contributed by atoms with Crippen LogP contribution in [0.4, 0.5) is 4.39 Å². The van der Waals surface area contributed by atoms with Crippen molar-refractivity contribution in [1.82, 2.24) is 19.7 Å². The van der Waals surface area contributed by atoms with Gasteiger partial charge in [-0.05, 0) is 45.0 Å². The minimum Gasteiger partial charge on any atom is -0.341 e. The van der Waals surface area contributed by atoms with E-state index >= 15 is 0 Å². The second-order valence-corrected chi connectivity index (χ2v) is 9.59. The van der Waals surface area contributed by atoms with Gasteiger partial charge in [-0.15, -0.1) is 11.3 Å². The second kappa shape index (κ2) is 8.34. The third-order valence-corrected chi connectivity index (χ3v) is 6.24. The molecule has 31 heavy (non-hydrogen) atoms. The van der Waals surface area contributed by atoms with Crippen LogP contribution in [0.15, 0.2) is 35.8 Å². The van der Waals surface area contributed by atoms with Gasteiger partial charge in [0.15, 0.2) is 0 Å². The van der Waals surface area contributed by atoms with Crippen LogP contribution in [-0.4, -0.2) is 44.4 Å². The SMILES string of the molecule is CC(C)(C)n1ncc(-c2nc(CC(=O)N3CCC(=O)CC3)cs2)c1-c1ccc(F)cc1. The van der Waals surface area contributed by atoms with Crippen molar-refractivity contribution in [1.29, 1.82) is 0 Å². The number of hydrogen-bond acceptors (Lipinski definition) is 5. The van der Waals surface area contributed by atoms with Crippen molar-refractivity contribution in [3.05, 3.63) is 47.4 Å². The Hall–Kier alpha value is -2.87. The first kappa shape index (κ1) is 21.4. The number of halogens is 1. The first-order chi connectivity index (χ1) is 14.7. The molecular weight excluding hydrogens is 415 g/mol. The van der Waals surface area contributed by atoms with Gasteiger partial charge in [-0.3, -0.25) is 14.3 Å². The lowest BCUT2D eigenvalue weighted by Gasteiger charge is -2.25. The molecule has 1 aliphatic rings. The molecule has 1 aromatic carbocycles. The zero-order chi connectivity index (χ0) is 22.2. The van der Waals surface area contributed by atoms with E-state index in [4.69, 9.17) is 4.98 Å². The maximum atomic E-state index is 13.5. The van der Waals surface area contributed by atoms with Crippen LogP contribution in [0.3, 0.4) is 0 Å². The number of ketones is 1. The van der Waals surface area contributed by atoms with Crippen LogP contribution in [0.1, 0.15) is 39.3 Å². The first-order valence-corrected chi connectivity index (χ1v) is 11.2. The van der Waals surface area contributed by atoms with Gasteiger partial charge >= 0.3 is 0 Å². The highest BCUT2D eigenvalue weighted by atomic mass is 32.1. The molecule has 8 heteroatoms. The Morgan fingerprint density at radius 2 is 1.84 bits per heavy atom. The van der Waals surface area contributed by atoms with Crippen LogP contribution in [0, 0.1) is 5.82 Å². The van der Waals surface area contributed by atoms with E-state index in [0.29, 0.717) is 31.6 Å². The number of Topliss-reactive ketones (excluding diaryl/α,β-unsaturated/α-hetero) is 1. The fourth-order valence-corrected chi connectivity index (χ4v) is 4.51. The predicted octanol–water partition coefficient (Wildman–Crippen LogP) is 4.30. The average Bonchev–Trinajstić information content (AvgIpc) is 3.36. The highest BCUT2D eigenvalue weighted by molar-refractivity contribution is 7.13. The Bertz CT molecular complexity index is 1100. The van der Waals surface area contributed by atoms with E-state index in [1.54, 1.807) is 23.2 Å². The summed E-state index contributed by atoms with van der Waals surface area (Å²) in [4.78, 5) is 30.5. The van der Waals surface area contributed by atoms with E-state index in [1.165, 1.54) is 23.5 Å². The number of carbonyl (C=O) groups is 2. The molecule has 0 N–H and O–H groups in total. The van der Waals surface area contributed by atoms with E-state index in [1.807, 2.05) is 10.1 Å². The molecular formula is C23H25FN4O2S. The number of aromatic nitrogens is 3. The van der Waals surface area contributed by atoms with Crippen LogP contribution in [0.25, 0.3) is 21.8 Å². The van der Waals surface area contributed by atoms with Crippen molar-refractivity contribution in [3.8, 4) is 21.8 Å². The largest absolute Gasteiger partial charge is 0.341 e. The number of hydrogen-bond donors (Lipinski definition) is 0. The number of thiazole rings is 1. The Morgan fingerprint density at radius 1 is 1.16 bits per heavy atom. The second-order valence-electron chi connectivity index (χ2n) is 8.74. The molecule has 1 aliphatic heterocycles. The van der Waals surface area contributed by atoms with Crippen LogP contribution >= 0.6 is 11.3 Å². The van der Waals surface area contributed by atoms with E-state index in [9.17, 15) is 14.0 Å². The molecule has 1 amide bonds. The lowest BCUT2D eigenvalue weighted by molar-refractivity contribution is -0.133. The van der Waals surface area contributed by atoms with Crippen LogP contribution in [0.5, 0.6) is 0 Å². The molecule has 0 unspecified atom stereocenters. The Kier molecular flexibility index (Phi) is 5.75. The van der Waals surface area contributed by atoms with Gasteiger partial charge < -0.3 is 4.90 Å². The zero-order valence-corrected chi connectivity index (χ0v) is 18.7. The van der Waals surface area contributed by atoms with Crippen molar-refractivity contribution in [3.63, 3.8) is 0 Å². The molecule has 3 heterocycles.